The highest BCUT2D eigenvalue weighted by atomic mass is 32.2. The third-order valence-corrected chi connectivity index (χ3v) is 6.95. The number of rotatable bonds is 4. The van der Waals surface area contributed by atoms with Crippen molar-refractivity contribution in [2.75, 3.05) is 30.0 Å². The van der Waals surface area contributed by atoms with Crippen molar-refractivity contribution in [3.8, 4) is 0 Å². The van der Waals surface area contributed by atoms with E-state index in [4.69, 9.17) is 0 Å². The number of aryl methyl sites for hydroxylation is 1. The number of imide groups is 1. The second-order valence-electron chi connectivity index (χ2n) is 7.15. The number of sulfone groups is 1. The van der Waals surface area contributed by atoms with Crippen molar-refractivity contribution < 1.29 is 22.8 Å². The van der Waals surface area contributed by atoms with Crippen LogP contribution in [0.4, 0.5) is 10.5 Å². The van der Waals surface area contributed by atoms with Gasteiger partial charge in [-0.15, -0.1) is 0 Å². The average Bonchev–Trinajstić information content (AvgIpc) is 3.08. The van der Waals surface area contributed by atoms with E-state index in [1.54, 1.807) is 19.1 Å². The number of urea groups is 1. The Balaban J connectivity index is 1.73. The minimum atomic E-state index is -3.13. The van der Waals surface area contributed by atoms with Crippen molar-refractivity contribution in [2.24, 2.45) is 0 Å². The van der Waals surface area contributed by atoms with Crippen LogP contribution >= 0.6 is 0 Å². The molecule has 27 heavy (non-hydrogen) atoms. The van der Waals surface area contributed by atoms with Gasteiger partial charge in [0.05, 0.1) is 11.5 Å². The van der Waals surface area contributed by atoms with E-state index in [-0.39, 0.29) is 11.5 Å². The largest absolute Gasteiger partial charge is 0.340 e. The predicted octanol–water partition coefficient (Wildman–Crippen LogP) is 0.798. The Morgan fingerprint density at radius 1 is 1.22 bits per heavy atom. The maximum absolute atomic E-state index is 12.8. The van der Waals surface area contributed by atoms with Crippen molar-refractivity contribution in [1.82, 2.24) is 9.80 Å². The highest BCUT2D eigenvalue weighted by Crippen LogP contribution is 2.26. The van der Waals surface area contributed by atoms with E-state index >= 15 is 0 Å². The number of carbonyl (C=O) groups is 3. The first kappa shape index (κ1) is 19.3. The SMILES string of the molecule is Cc1ccc(N2C(=O)N(CC(=O)N(C)[C@H]3CCS(=O)(=O)C3)C(=O)[C@H]2C)cc1. The number of hydrogen-bond donors (Lipinski definition) is 0. The second kappa shape index (κ2) is 6.95. The predicted molar refractivity (Wildman–Crippen MR) is 100 cm³/mol. The molecule has 0 unspecified atom stereocenters. The Bertz CT molecular complexity index is 881. The van der Waals surface area contributed by atoms with Gasteiger partial charge in [0.1, 0.15) is 12.6 Å². The second-order valence-corrected chi connectivity index (χ2v) is 9.38. The van der Waals surface area contributed by atoms with Crippen molar-refractivity contribution in [1.29, 1.82) is 0 Å². The monoisotopic (exact) mass is 393 g/mol. The first-order valence-electron chi connectivity index (χ1n) is 8.78. The summed E-state index contributed by atoms with van der Waals surface area (Å²) in [6, 6.07) is 5.56. The van der Waals surface area contributed by atoms with Crippen LogP contribution in [0.2, 0.25) is 0 Å². The molecule has 8 nitrogen and oxygen atoms in total. The molecule has 0 spiro atoms. The lowest BCUT2D eigenvalue weighted by atomic mass is 10.2. The molecule has 0 bridgehead atoms. The zero-order chi connectivity index (χ0) is 19.9. The average molecular weight is 393 g/mol. The van der Waals surface area contributed by atoms with Gasteiger partial charge < -0.3 is 4.90 Å². The van der Waals surface area contributed by atoms with Crippen LogP contribution in [-0.2, 0) is 19.4 Å². The van der Waals surface area contributed by atoms with Crippen molar-refractivity contribution >= 4 is 33.4 Å². The van der Waals surface area contributed by atoms with Gasteiger partial charge >= 0.3 is 6.03 Å². The van der Waals surface area contributed by atoms with Gasteiger partial charge in [-0.3, -0.25) is 19.4 Å². The summed E-state index contributed by atoms with van der Waals surface area (Å²) in [7, 11) is -1.62. The first-order chi connectivity index (χ1) is 12.6. The molecule has 2 aliphatic rings. The Morgan fingerprint density at radius 3 is 2.41 bits per heavy atom. The van der Waals surface area contributed by atoms with Crippen LogP contribution < -0.4 is 4.90 Å². The number of carbonyl (C=O) groups excluding carboxylic acids is 3. The van der Waals surface area contributed by atoms with Gasteiger partial charge in [0.15, 0.2) is 9.84 Å². The van der Waals surface area contributed by atoms with E-state index in [1.807, 2.05) is 19.1 Å². The Hall–Kier alpha value is -2.42. The molecule has 0 N–H and O–H groups in total. The number of amides is 4. The molecular weight excluding hydrogens is 370 g/mol. The topological polar surface area (TPSA) is 95.1 Å². The number of likely N-dealkylation sites (N-methyl/N-ethyl adjacent to an activating group) is 1. The summed E-state index contributed by atoms with van der Waals surface area (Å²) in [6.07, 6.45) is 0.373. The summed E-state index contributed by atoms with van der Waals surface area (Å²) in [5.41, 5.74) is 1.63. The summed E-state index contributed by atoms with van der Waals surface area (Å²) < 4.78 is 23.2. The molecule has 3 rings (SSSR count). The molecule has 1 aromatic carbocycles. The molecule has 2 heterocycles. The molecule has 4 amide bonds. The molecule has 2 fully saturated rings. The van der Waals surface area contributed by atoms with E-state index in [1.165, 1.54) is 16.8 Å². The maximum Gasteiger partial charge on any atom is 0.332 e. The van der Waals surface area contributed by atoms with Gasteiger partial charge in [-0.1, -0.05) is 17.7 Å². The number of nitrogens with zero attached hydrogens (tertiary/aromatic N) is 3. The summed E-state index contributed by atoms with van der Waals surface area (Å²) in [4.78, 5) is 41.5. The molecular formula is C18H23N3O5S. The van der Waals surface area contributed by atoms with Crippen LogP contribution in [0.15, 0.2) is 24.3 Å². The van der Waals surface area contributed by atoms with E-state index in [0.29, 0.717) is 12.1 Å². The molecule has 2 atom stereocenters. The van der Waals surface area contributed by atoms with Gasteiger partial charge in [0, 0.05) is 18.8 Å². The minimum Gasteiger partial charge on any atom is -0.340 e. The summed E-state index contributed by atoms with van der Waals surface area (Å²) in [5, 5.41) is 0. The quantitative estimate of drug-likeness (QED) is 0.705. The van der Waals surface area contributed by atoms with Crippen molar-refractivity contribution in [3.05, 3.63) is 29.8 Å². The third-order valence-electron chi connectivity index (χ3n) is 5.20. The zero-order valence-electron chi connectivity index (χ0n) is 15.6. The van der Waals surface area contributed by atoms with Gasteiger partial charge in [-0.2, -0.15) is 0 Å². The molecule has 146 valence electrons. The van der Waals surface area contributed by atoms with Crippen LogP contribution in [0.25, 0.3) is 0 Å². The number of anilines is 1. The highest BCUT2D eigenvalue weighted by molar-refractivity contribution is 7.91. The highest BCUT2D eigenvalue weighted by Gasteiger charge is 2.45. The Kier molecular flexibility index (Phi) is 4.98. The standard InChI is InChI=1S/C18H23N3O5S/c1-12-4-6-14(7-5-12)21-13(2)17(23)20(18(21)24)10-16(22)19(3)15-8-9-27(25,26)11-15/h4-7,13,15H,8-11H2,1-3H3/t13-,15+/m1/s1. The zero-order valence-corrected chi connectivity index (χ0v) is 16.4. The van der Waals surface area contributed by atoms with Crippen LogP contribution in [0, 0.1) is 6.92 Å². The van der Waals surface area contributed by atoms with Crippen LogP contribution in [0.3, 0.4) is 0 Å². The molecule has 0 aliphatic carbocycles. The molecule has 0 aromatic heterocycles. The van der Waals surface area contributed by atoms with Crippen LogP contribution in [0.5, 0.6) is 0 Å². The van der Waals surface area contributed by atoms with Gasteiger partial charge in [0.25, 0.3) is 5.91 Å². The third kappa shape index (κ3) is 3.69. The summed E-state index contributed by atoms with van der Waals surface area (Å²) in [6.45, 7) is 3.16. The number of hydrogen-bond acceptors (Lipinski definition) is 5. The van der Waals surface area contributed by atoms with Gasteiger partial charge in [-0.25, -0.2) is 13.2 Å². The van der Waals surface area contributed by atoms with Gasteiger partial charge in [-0.05, 0) is 32.4 Å². The molecule has 2 saturated heterocycles. The molecule has 9 heteroatoms. The van der Waals surface area contributed by atoms with Crippen molar-refractivity contribution in [3.63, 3.8) is 0 Å². The van der Waals surface area contributed by atoms with Gasteiger partial charge in [0.2, 0.25) is 5.91 Å². The fraction of sp³-hybridized carbons (Fsp3) is 0.500. The molecule has 0 saturated carbocycles. The molecule has 1 aromatic rings. The normalized spacial score (nSPS) is 24.6. The fourth-order valence-electron chi connectivity index (χ4n) is 3.44. The Labute approximate surface area is 158 Å². The smallest absolute Gasteiger partial charge is 0.332 e. The van der Waals surface area contributed by atoms with Crippen LogP contribution in [0.1, 0.15) is 18.9 Å². The first-order valence-corrected chi connectivity index (χ1v) is 10.6. The van der Waals surface area contributed by atoms with E-state index in [2.05, 4.69) is 0 Å². The fourth-order valence-corrected chi connectivity index (χ4v) is 5.22. The van der Waals surface area contributed by atoms with Crippen molar-refractivity contribution in [2.45, 2.75) is 32.4 Å². The summed E-state index contributed by atoms with van der Waals surface area (Å²) in [5.74, 6) is -0.920. The summed E-state index contributed by atoms with van der Waals surface area (Å²) >= 11 is 0. The Morgan fingerprint density at radius 2 is 1.85 bits per heavy atom. The lowest BCUT2D eigenvalue weighted by Gasteiger charge is -2.25. The molecule has 2 aliphatic heterocycles. The van der Waals surface area contributed by atoms with E-state index in [9.17, 15) is 22.8 Å². The lowest BCUT2D eigenvalue weighted by Crippen LogP contribution is -2.46. The van der Waals surface area contributed by atoms with E-state index in [0.717, 1.165) is 10.5 Å². The van der Waals surface area contributed by atoms with Crippen LogP contribution in [-0.4, -0.2) is 73.2 Å². The molecule has 0 radical (unpaired) electrons. The lowest BCUT2D eigenvalue weighted by molar-refractivity contribution is -0.137. The maximum atomic E-state index is 12.8. The number of benzene rings is 1. The van der Waals surface area contributed by atoms with E-state index < -0.39 is 46.3 Å². The minimum absolute atomic E-state index is 0.0507.